The van der Waals surface area contributed by atoms with Crippen LogP contribution in [0.1, 0.15) is 6.92 Å². The minimum Gasteiger partial charge on any atom is -0.330 e. The van der Waals surface area contributed by atoms with Crippen LogP contribution < -0.4 is 16.8 Å². The lowest BCUT2D eigenvalue weighted by Gasteiger charge is -2.13. The quantitative estimate of drug-likeness (QED) is 0.490. The van der Waals surface area contributed by atoms with Crippen molar-refractivity contribution < 1.29 is 0 Å². The molecule has 0 bridgehead atoms. The fourth-order valence-corrected chi connectivity index (χ4v) is 0.747. The Kier molecular flexibility index (Phi) is 6.11. The van der Waals surface area contributed by atoms with Gasteiger partial charge in [-0.1, -0.05) is 6.92 Å². The average Bonchev–Trinajstić information content (AvgIpc) is 1.99. The molecule has 0 aromatic carbocycles. The minimum absolute atomic E-state index is 0.0500. The molecule has 2 unspecified atom stereocenters. The number of rotatable bonds is 5. The van der Waals surface area contributed by atoms with Gasteiger partial charge in [-0.15, -0.1) is 11.8 Å². The van der Waals surface area contributed by atoms with Gasteiger partial charge in [-0.05, 0) is 18.7 Å². The van der Waals surface area contributed by atoms with Gasteiger partial charge >= 0.3 is 0 Å². The standard InChI is InChI=1S/C6H17N3S/c1-5(3-7)4-9-6(8)10-2/h5-6,9H,3-4,7-8H2,1-2H3. The SMILES string of the molecule is CSC(N)NCC(C)CN. The van der Waals surface area contributed by atoms with E-state index in [-0.39, 0.29) is 5.50 Å². The van der Waals surface area contributed by atoms with Gasteiger partial charge in [0.25, 0.3) is 0 Å². The molecule has 0 spiro atoms. The van der Waals surface area contributed by atoms with Gasteiger partial charge in [0.1, 0.15) is 5.50 Å². The first-order valence-corrected chi connectivity index (χ1v) is 4.71. The summed E-state index contributed by atoms with van der Waals surface area (Å²) in [6.07, 6.45) is 1.98. The summed E-state index contributed by atoms with van der Waals surface area (Å²) in [5, 5.41) is 3.14. The number of nitrogens with one attached hydrogen (secondary N) is 1. The van der Waals surface area contributed by atoms with Gasteiger partial charge in [0, 0.05) is 6.54 Å². The smallest absolute Gasteiger partial charge is 0.103 e. The first-order valence-electron chi connectivity index (χ1n) is 3.42. The molecule has 5 N–H and O–H groups in total. The van der Waals surface area contributed by atoms with Crippen LogP contribution in [0, 0.1) is 5.92 Å². The van der Waals surface area contributed by atoms with E-state index >= 15 is 0 Å². The molecule has 0 saturated heterocycles. The molecule has 10 heavy (non-hydrogen) atoms. The highest BCUT2D eigenvalue weighted by molar-refractivity contribution is 7.99. The zero-order valence-electron chi connectivity index (χ0n) is 6.63. The van der Waals surface area contributed by atoms with Crippen molar-refractivity contribution in [3.8, 4) is 0 Å². The third-order valence-corrected chi connectivity index (χ3v) is 2.00. The number of thioether (sulfide) groups is 1. The number of nitrogens with two attached hydrogens (primary N) is 2. The van der Waals surface area contributed by atoms with E-state index in [0.717, 1.165) is 6.54 Å². The molecule has 3 nitrogen and oxygen atoms in total. The van der Waals surface area contributed by atoms with Crippen molar-refractivity contribution >= 4 is 11.8 Å². The Balaban J connectivity index is 3.17. The lowest BCUT2D eigenvalue weighted by atomic mass is 10.2. The van der Waals surface area contributed by atoms with Crippen molar-refractivity contribution in [2.45, 2.75) is 12.4 Å². The van der Waals surface area contributed by atoms with E-state index in [4.69, 9.17) is 11.5 Å². The van der Waals surface area contributed by atoms with E-state index in [2.05, 4.69) is 12.2 Å². The Morgan fingerprint density at radius 2 is 2.20 bits per heavy atom. The summed E-state index contributed by atoms with van der Waals surface area (Å²) < 4.78 is 0. The van der Waals surface area contributed by atoms with Gasteiger partial charge in [0.15, 0.2) is 0 Å². The zero-order chi connectivity index (χ0) is 7.98. The van der Waals surface area contributed by atoms with E-state index < -0.39 is 0 Å². The third kappa shape index (κ3) is 5.05. The highest BCUT2D eigenvalue weighted by Crippen LogP contribution is 1.95. The van der Waals surface area contributed by atoms with Crippen molar-refractivity contribution in [2.24, 2.45) is 17.4 Å². The molecule has 0 aromatic rings. The second kappa shape index (κ2) is 5.97. The van der Waals surface area contributed by atoms with Crippen molar-refractivity contribution in [2.75, 3.05) is 19.3 Å². The first-order chi connectivity index (χ1) is 4.70. The maximum absolute atomic E-state index is 5.59. The van der Waals surface area contributed by atoms with E-state index in [1.54, 1.807) is 11.8 Å². The highest BCUT2D eigenvalue weighted by Gasteiger charge is 2.01. The molecule has 2 atom stereocenters. The van der Waals surface area contributed by atoms with Gasteiger partial charge in [0.2, 0.25) is 0 Å². The van der Waals surface area contributed by atoms with Crippen LogP contribution in [0.25, 0.3) is 0 Å². The Morgan fingerprint density at radius 3 is 2.60 bits per heavy atom. The Morgan fingerprint density at radius 1 is 1.60 bits per heavy atom. The molecule has 0 aliphatic carbocycles. The van der Waals surface area contributed by atoms with Gasteiger partial charge < -0.3 is 11.5 Å². The molecule has 0 aromatic heterocycles. The van der Waals surface area contributed by atoms with E-state index in [1.807, 2.05) is 6.26 Å². The number of hydrogen-bond acceptors (Lipinski definition) is 4. The lowest BCUT2D eigenvalue weighted by molar-refractivity contribution is 0.516. The molecule has 0 amide bonds. The van der Waals surface area contributed by atoms with Crippen LogP contribution in [-0.4, -0.2) is 24.8 Å². The molecule has 4 heteroatoms. The van der Waals surface area contributed by atoms with Gasteiger partial charge in [0.05, 0.1) is 0 Å². The Bertz CT molecular complexity index is 69.4. The van der Waals surface area contributed by atoms with Crippen LogP contribution in [-0.2, 0) is 0 Å². The van der Waals surface area contributed by atoms with E-state index in [1.165, 1.54) is 0 Å². The van der Waals surface area contributed by atoms with Crippen LogP contribution in [0.3, 0.4) is 0 Å². The summed E-state index contributed by atoms with van der Waals surface area (Å²) in [6, 6.07) is 0. The van der Waals surface area contributed by atoms with Crippen molar-refractivity contribution in [1.29, 1.82) is 0 Å². The summed E-state index contributed by atoms with van der Waals surface area (Å²) in [6.45, 7) is 3.71. The summed E-state index contributed by atoms with van der Waals surface area (Å²) in [7, 11) is 0. The number of hydrogen-bond donors (Lipinski definition) is 3. The maximum Gasteiger partial charge on any atom is 0.103 e. The molecule has 0 fully saturated rings. The normalized spacial score (nSPS) is 16.8. The largest absolute Gasteiger partial charge is 0.330 e. The lowest BCUT2D eigenvalue weighted by Crippen LogP contribution is -2.38. The fraction of sp³-hybridized carbons (Fsp3) is 1.00. The van der Waals surface area contributed by atoms with Gasteiger partial charge in [-0.2, -0.15) is 0 Å². The first kappa shape index (κ1) is 10.2. The monoisotopic (exact) mass is 163 g/mol. The van der Waals surface area contributed by atoms with Crippen LogP contribution >= 0.6 is 11.8 Å². The molecule has 62 valence electrons. The minimum atomic E-state index is 0.0500. The summed E-state index contributed by atoms with van der Waals surface area (Å²) in [5.41, 5.74) is 11.0. The second-order valence-electron chi connectivity index (χ2n) is 2.41. The van der Waals surface area contributed by atoms with E-state index in [9.17, 15) is 0 Å². The average molecular weight is 163 g/mol. The molecular formula is C6H17N3S. The fourth-order valence-electron chi connectivity index (χ4n) is 0.484. The molecule has 0 heterocycles. The molecule has 0 aliphatic rings. The zero-order valence-corrected chi connectivity index (χ0v) is 7.45. The Labute approximate surface area is 66.9 Å². The van der Waals surface area contributed by atoms with Crippen LogP contribution in [0.15, 0.2) is 0 Å². The second-order valence-corrected chi connectivity index (χ2v) is 3.38. The van der Waals surface area contributed by atoms with E-state index in [0.29, 0.717) is 12.5 Å². The topological polar surface area (TPSA) is 64.1 Å². The summed E-state index contributed by atoms with van der Waals surface area (Å²) in [5.74, 6) is 0.512. The molecule has 0 radical (unpaired) electrons. The van der Waals surface area contributed by atoms with Crippen LogP contribution in [0.4, 0.5) is 0 Å². The van der Waals surface area contributed by atoms with Crippen molar-refractivity contribution in [3.63, 3.8) is 0 Å². The van der Waals surface area contributed by atoms with Gasteiger partial charge in [-0.25, -0.2) is 0 Å². The molecule has 0 rings (SSSR count). The van der Waals surface area contributed by atoms with Crippen molar-refractivity contribution in [1.82, 2.24) is 5.32 Å². The predicted molar refractivity (Wildman–Crippen MR) is 47.7 cm³/mol. The molecular weight excluding hydrogens is 146 g/mol. The van der Waals surface area contributed by atoms with Gasteiger partial charge in [-0.3, -0.25) is 5.32 Å². The summed E-state index contributed by atoms with van der Waals surface area (Å²) in [4.78, 5) is 0. The maximum atomic E-state index is 5.59. The van der Waals surface area contributed by atoms with Crippen LogP contribution in [0.5, 0.6) is 0 Å². The third-order valence-electron chi connectivity index (χ3n) is 1.32. The molecule has 0 saturated carbocycles. The summed E-state index contributed by atoms with van der Waals surface area (Å²) >= 11 is 1.60. The Hall–Kier alpha value is 0.230. The van der Waals surface area contributed by atoms with Crippen molar-refractivity contribution in [3.05, 3.63) is 0 Å². The van der Waals surface area contributed by atoms with Crippen LogP contribution in [0.2, 0.25) is 0 Å². The predicted octanol–water partition coefficient (Wildman–Crippen LogP) is -0.224. The molecule has 0 aliphatic heterocycles. The highest BCUT2D eigenvalue weighted by atomic mass is 32.2.